The van der Waals surface area contributed by atoms with Crippen LogP contribution in [0.2, 0.25) is 0 Å². The summed E-state index contributed by atoms with van der Waals surface area (Å²) in [5, 5.41) is 0. The fraction of sp³-hybridized carbons (Fsp3) is 0.657. The van der Waals surface area contributed by atoms with E-state index in [2.05, 4.69) is 83.1 Å². The lowest BCUT2D eigenvalue weighted by molar-refractivity contribution is 0.0918. The predicted molar refractivity (Wildman–Crippen MR) is 170 cm³/mol. The molecular weight excluding hydrogens is 499 g/mol. The Balaban J connectivity index is 1.84. The number of hydrogen-bond donors (Lipinski definition) is 0. The summed E-state index contributed by atoms with van der Waals surface area (Å²) < 4.78 is 18.8. The molecular formula is C35H57O3P. The van der Waals surface area contributed by atoms with Crippen LogP contribution in [0.4, 0.5) is 0 Å². The van der Waals surface area contributed by atoms with Crippen LogP contribution in [0.15, 0.2) is 48.5 Å². The van der Waals surface area contributed by atoms with E-state index in [9.17, 15) is 0 Å². The second-order valence-electron chi connectivity index (χ2n) is 11.6. The molecule has 2 aromatic carbocycles. The van der Waals surface area contributed by atoms with Crippen molar-refractivity contribution in [3.05, 3.63) is 59.7 Å². The molecule has 0 bridgehead atoms. The first-order chi connectivity index (χ1) is 19.0. The third-order valence-corrected chi connectivity index (χ3v) is 8.88. The molecule has 4 heteroatoms. The molecule has 0 spiro atoms. The lowest BCUT2D eigenvalue weighted by Gasteiger charge is -2.27. The minimum atomic E-state index is -1.57. The topological polar surface area (TPSA) is 27.7 Å². The average Bonchev–Trinajstić information content (AvgIpc) is 2.93. The monoisotopic (exact) mass is 556 g/mol. The molecule has 220 valence electrons. The van der Waals surface area contributed by atoms with Crippen molar-refractivity contribution in [2.75, 3.05) is 0 Å². The van der Waals surface area contributed by atoms with Crippen LogP contribution in [-0.4, -0.2) is 5.60 Å². The van der Waals surface area contributed by atoms with Gasteiger partial charge in [-0.1, -0.05) is 122 Å². The molecule has 2 aromatic rings. The summed E-state index contributed by atoms with van der Waals surface area (Å²) in [5.74, 6) is 1.60. The molecule has 2 rings (SSSR count). The van der Waals surface area contributed by atoms with Gasteiger partial charge in [0.25, 0.3) is 0 Å². The number of benzene rings is 2. The van der Waals surface area contributed by atoms with Gasteiger partial charge < -0.3 is 9.05 Å². The zero-order valence-electron chi connectivity index (χ0n) is 25.8. The highest BCUT2D eigenvalue weighted by atomic mass is 31.2. The first-order valence-electron chi connectivity index (χ1n) is 16.0. The highest BCUT2D eigenvalue weighted by Gasteiger charge is 2.27. The third-order valence-electron chi connectivity index (χ3n) is 7.52. The average molecular weight is 557 g/mol. The summed E-state index contributed by atoms with van der Waals surface area (Å²) in [6.45, 7) is 10.9. The Bertz CT molecular complexity index is 784. The van der Waals surface area contributed by atoms with Gasteiger partial charge >= 0.3 is 8.60 Å². The van der Waals surface area contributed by atoms with Crippen LogP contribution in [0.25, 0.3) is 0 Å². The molecule has 0 amide bonds. The molecule has 0 atom stereocenters. The lowest BCUT2D eigenvalue weighted by atomic mass is 10.0. The quantitative estimate of drug-likeness (QED) is 0.101. The van der Waals surface area contributed by atoms with E-state index in [4.69, 9.17) is 13.6 Å². The summed E-state index contributed by atoms with van der Waals surface area (Å²) in [4.78, 5) is 0. The Hall–Kier alpha value is -1.57. The maximum Gasteiger partial charge on any atom is 0.463 e. The van der Waals surface area contributed by atoms with Gasteiger partial charge in [0.15, 0.2) is 0 Å². The van der Waals surface area contributed by atoms with Crippen LogP contribution in [0.3, 0.4) is 0 Å². The maximum absolute atomic E-state index is 6.32. The Morgan fingerprint density at radius 1 is 0.513 bits per heavy atom. The minimum Gasteiger partial charge on any atom is -0.418 e. The summed E-state index contributed by atoms with van der Waals surface area (Å²) in [6.07, 6.45) is 21.9. The highest BCUT2D eigenvalue weighted by molar-refractivity contribution is 7.42. The number of hydrogen-bond acceptors (Lipinski definition) is 3. The predicted octanol–water partition coefficient (Wildman–Crippen LogP) is 12.2. The normalized spacial score (nSPS) is 11.7. The van der Waals surface area contributed by atoms with Crippen LogP contribution < -0.4 is 9.05 Å². The second-order valence-corrected chi connectivity index (χ2v) is 12.6. The highest BCUT2D eigenvalue weighted by Crippen LogP contribution is 2.45. The molecule has 0 N–H and O–H groups in total. The Morgan fingerprint density at radius 2 is 0.872 bits per heavy atom. The van der Waals surface area contributed by atoms with E-state index in [1.807, 2.05) is 0 Å². The van der Waals surface area contributed by atoms with E-state index in [-0.39, 0.29) is 5.60 Å². The fourth-order valence-corrected chi connectivity index (χ4v) is 5.73. The van der Waals surface area contributed by atoms with Crippen molar-refractivity contribution in [3.8, 4) is 11.5 Å². The van der Waals surface area contributed by atoms with E-state index < -0.39 is 8.60 Å². The van der Waals surface area contributed by atoms with E-state index >= 15 is 0 Å². The van der Waals surface area contributed by atoms with Gasteiger partial charge in [0.1, 0.15) is 11.5 Å². The second kappa shape index (κ2) is 20.3. The maximum atomic E-state index is 6.32. The molecule has 0 aliphatic carbocycles. The van der Waals surface area contributed by atoms with Crippen molar-refractivity contribution in [3.63, 3.8) is 0 Å². The smallest absolute Gasteiger partial charge is 0.418 e. The SMILES string of the molecule is CCCCCCCCCc1ccc(OP(Oc2ccc(CCCCCCCCC)cc2)OC(C)(C)CC)cc1. The van der Waals surface area contributed by atoms with Gasteiger partial charge in [0.2, 0.25) is 0 Å². The van der Waals surface area contributed by atoms with Gasteiger partial charge in [-0.3, -0.25) is 4.52 Å². The molecule has 0 radical (unpaired) electrons. The lowest BCUT2D eigenvalue weighted by Crippen LogP contribution is -2.22. The van der Waals surface area contributed by atoms with Gasteiger partial charge in [-0.05, 0) is 81.3 Å². The molecule has 0 unspecified atom stereocenters. The fourth-order valence-electron chi connectivity index (χ4n) is 4.50. The number of aryl methyl sites for hydroxylation is 2. The molecule has 0 saturated heterocycles. The Morgan fingerprint density at radius 3 is 1.23 bits per heavy atom. The van der Waals surface area contributed by atoms with Crippen LogP contribution in [0, 0.1) is 0 Å². The summed E-state index contributed by atoms with van der Waals surface area (Å²) in [5.41, 5.74) is 2.42. The number of rotatable bonds is 23. The van der Waals surface area contributed by atoms with Crippen molar-refractivity contribution in [2.24, 2.45) is 0 Å². The van der Waals surface area contributed by atoms with Gasteiger partial charge in [-0.2, -0.15) is 0 Å². The first-order valence-corrected chi connectivity index (χ1v) is 17.1. The summed E-state index contributed by atoms with van der Waals surface area (Å²) >= 11 is 0. The van der Waals surface area contributed by atoms with Gasteiger partial charge in [0, 0.05) is 0 Å². The Kier molecular flexibility index (Phi) is 17.5. The molecule has 0 fully saturated rings. The Labute approximate surface area is 242 Å². The molecule has 0 aliphatic heterocycles. The largest absolute Gasteiger partial charge is 0.463 e. The van der Waals surface area contributed by atoms with E-state index in [0.29, 0.717) is 0 Å². The van der Waals surface area contributed by atoms with Gasteiger partial charge in [-0.25, -0.2) is 0 Å². The van der Waals surface area contributed by atoms with E-state index in [1.165, 1.54) is 101 Å². The molecule has 0 aromatic heterocycles. The van der Waals surface area contributed by atoms with Gasteiger partial charge in [-0.15, -0.1) is 0 Å². The van der Waals surface area contributed by atoms with Gasteiger partial charge in [0.05, 0.1) is 5.60 Å². The van der Waals surface area contributed by atoms with Crippen LogP contribution >= 0.6 is 8.60 Å². The minimum absolute atomic E-state index is 0.320. The van der Waals surface area contributed by atoms with Crippen molar-refractivity contribution in [2.45, 2.75) is 149 Å². The zero-order chi connectivity index (χ0) is 28.2. The van der Waals surface area contributed by atoms with Crippen molar-refractivity contribution in [1.29, 1.82) is 0 Å². The van der Waals surface area contributed by atoms with Crippen molar-refractivity contribution < 1.29 is 13.6 Å². The standard InChI is InChI=1S/C35H57O3P/c1-6-9-11-13-15-17-19-21-31-23-27-33(28-24-31)36-39(38-35(4,5)8-3)37-34-29-25-32(26-30-34)22-20-18-16-14-12-10-7-2/h23-30H,6-22H2,1-5H3. The third kappa shape index (κ3) is 15.7. The number of unbranched alkanes of at least 4 members (excludes halogenated alkanes) is 12. The van der Waals surface area contributed by atoms with Crippen LogP contribution in [-0.2, 0) is 17.4 Å². The first kappa shape index (κ1) is 33.6. The van der Waals surface area contributed by atoms with E-state index in [1.54, 1.807) is 0 Å². The van der Waals surface area contributed by atoms with E-state index in [0.717, 1.165) is 30.8 Å². The molecule has 39 heavy (non-hydrogen) atoms. The molecule has 0 aliphatic rings. The summed E-state index contributed by atoms with van der Waals surface area (Å²) in [6, 6.07) is 17.0. The van der Waals surface area contributed by atoms with Crippen LogP contribution in [0.5, 0.6) is 11.5 Å². The molecule has 3 nitrogen and oxygen atoms in total. The molecule has 0 saturated carbocycles. The van der Waals surface area contributed by atoms with Crippen molar-refractivity contribution in [1.82, 2.24) is 0 Å². The van der Waals surface area contributed by atoms with Crippen molar-refractivity contribution >= 4 is 8.60 Å². The van der Waals surface area contributed by atoms with Crippen LogP contribution in [0.1, 0.15) is 142 Å². The summed E-state index contributed by atoms with van der Waals surface area (Å²) in [7, 11) is -1.57. The molecule has 0 heterocycles. The zero-order valence-corrected chi connectivity index (χ0v) is 26.7.